The zero-order valence-electron chi connectivity index (χ0n) is 20.3. The van der Waals surface area contributed by atoms with Gasteiger partial charge in [-0.1, -0.05) is 6.07 Å². The van der Waals surface area contributed by atoms with Crippen LogP contribution in [0.1, 0.15) is 35.7 Å². The summed E-state index contributed by atoms with van der Waals surface area (Å²) in [6.45, 7) is 1.18. The van der Waals surface area contributed by atoms with Gasteiger partial charge in [0.05, 0.1) is 36.8 Å². The molecule has 1 unspecified atom stereocenters. The molecule has 0 heterocycles. The lowest BCUT2D eigenvalue weighted by atomic mass is 9.56. The number of rotatable bonds is 8. The average Bonchev–Trinajstić information content (AvgIpc) is 2.78. The molecule has 2 aliphatic carbocycles. The molecule has 1 fully saturated rings. The number of nitrogens with zero attached hydrogens (tertiary/aromatic N) is 1. The number of hydrogen-bond acceptors (Lipinski definition) is 10. The topological polar surface area (TPSA) is 197 Å². The largest absolute Gasteiger partial charge is 0.505 e. The van der Waals surface area contributed by atoms with Gasteiger partial charge in [-0.2, -0.15) is 0 Å². The van der Waals surface area contributed by atoms with Crippen LogP contribution in [0, 0.1) is 17.8 Å². The molecule has 0 aromatic heterocycles. The van der Waals surface area contributed by atoms with Crippen LogP contribution >= 0.6 is 0 Å². The number of hydrogen-bond donors (Lipinski definition) is 5. The number of aliphatic hydroxyl groups is 2. The Morgan fingerprint density at radius 3 is 2.50 bits per heavy atom. The standard InChI is InChI=1S/C24H31N3O9/c1-4-36-23(34)26-14-6-5-11-7-12-8-13(15(10-28)27(2)3)24(35,16(29)9-17(25)30)22(33)19(12)21(32)18(11)20(14)31/h5-6,12-13,15,19,28,31,35H,4,7-10H2,1-3H3,(H2,25,30)(H,26,34)/t12-,13-,15+,19?,24+/m0/s1. The van der Waals surface area contributed by atoms with E-state index in [4.69, 9.17) is 10.5 Å². The fraction of sp³-hybridized carbons (Fsp3) is 0.542. The predicted octanol–water partition coefficient (Wildman–Crippen LogP) is -0.381. The molecule has 0 aliphatic heterocycles. The summed E-state index contributed by atoms with van der Waals surface area (Å²) in [6.07, 6.45) is -1.61. The fourth-order valence-electron chi connectivity index (χ4n) is 5.42. The number of fused-ring (bicyclic) bond motifs is 2. The number of nitrogens with one attached hydrogen (secondary N) is 1. The van der Waals surface area contributed by atoms with Gasteiger partial charge in [-0.05, 0) is 51.4 Å². The molecule has 5 atom stereocenters. The van der Waals surface area contributed by atoms with Crippen molar-refractivity contribution in [2.45, 2.75) is 37.8 Å². The lowest BCUT2D eigenvalue weighted by molar-refractivity contribution is -0.171. The predicted molar refractivity (Wildman–Crippen MR) is 125 cm³/mol. The summed E-state index contributed by atoms with van der Waals surface area (Å²) in [7, 11) is 3.21. The number of phenols is 1. The minimum Gasteiger partial charge on any atom is -0.505 e. The number of anilines is 1. The number of amides is 2. The molecule has 3 rings (SSSR count). The maximum Gasteiger partial charge on any atom is 0.411 e. The summed E-state index contributed by atoms with van der Waals surface area (Å²) < 4.78 is 4.79. The summed E-state index contributed by atoms with van der Waals surface area (Å²) in [5.41, 5.74) is 2.52. The van der Waals surface area contributed by atoms with Crippen LogP contribution in [0.25, 0.3) is 0 Å². The third-order valence-electron chi connectivity index (χ3n) is 7.08. The van der Waals surface area contributed by atoms with Crippen LogP contribution in [-0.4, -0.2) is 88.5 Å². The van der Waals surface area contributed by atoms with Crippen LogP contribution in [0.5, 0.6) is 5.75 Å². The number of Topliss-reactive ketones (excluding diaryl/α,β-unsaturated/α-hetero) is 3. The first kappa shape index (κ1) is 27.2. The first-order valence-electron chi connectivity index (χ1n) is 11.6. The van der Waals surface area contributed by atoms with Gasteiger partial charge in [-0.25, -0.2) is 4.79 Å². The van der Waals surface area contributed by atoms with Gasteiger partial charge in [0.15, 0.2) is 23.0 Å². The van der Waals surface area contributed by atoms with E-state index in [0.29, 0.717) is 5.56 Å². The third kappa shape index (κ3) is 4.59. The lowest BCUT2D eigenvalue weighted by Crippen LogP contribution is -2.67. The first-order valence-corrected chi connectivity index (χ1v) is 11.6. The summed E-state index contributed by atoms with van der Waals surface area (Å²) >= 11 is 0. The van der Waals surface area contributed by atoms with Crippen molar-refractivity contribution < 1.29 is 44.0 Å². The SMILES string of the molecule is CCOC(=O)Nc1ccc2c(c1O)C(=O)C1C(=O)[C@](O)(C(=O)CC(N)=O)[C@H]([C@@H](CO)N(C)C)C[C@@H]1C2. The molecule has 2 aliphatic rings. The van der Waals surface area contributed by atoms with E-state index >= 15 is 0 Å². The number of aromatic hydroxyl groups is 1. The second-order valence-corrected chi connectivity index (χ2v) is 9.40. The van der Waals surface area contributed by atoms with E-state index in [1.54, 1.807) is 32.0 Å². The van der Waals surface area contributed by atoms with E-state index < -0.39 is 77.5 Å². The quantitative estimate of drug-likeness (QED) is 0.229. The van der Waals surface area contributed by atoms with E-state index in [2.05, 4.69) is 5.32 Å². The Labute approximate surface area is 207 Å². The Balaban J connectivity index is 2.09. The molecule has 0 saturated heterocycles. The summed E-state index contributed by atoms with van der Waals surface area (Å²) in [4.78, 5) is 65.2. The highest BCUT2D eigenvalue weighted by Crippen LogP contribution is 2.49. The molecule has 36 heavy (non-hydrogen) atoms. The van der Waals surface area contributed by atoms with Crippen molar-refractivity contribution in [3.05, 3.63) is 23.3 Å². The van der Waals surface area contributed by atoms with E-state index in [1.165, 1.54) is 6.07 Å². The van der Waals surface area contributed by atoms with Gasteiger partial charge in [-0.3, -0.25) is 24.5 Å². The molecule has 1 saturated carbocycles. The number of aliphatic hydroxyl groups excluding tert-OH is 1. The van der Waals surface area contributed by atoms with Gasteiger partial charge in [0, 0.05) is 12.0 Å². The summed E-state index contributed by atoms with van der Waals surface area (Å²) in [5.74, 6) is -7.93. The molecule has 12 nitrogen and oxygen atoms in total. The van der Waals surface area contributed by atoms with Gasteiger partial charge < -0.3 is 30.7 Å². The number of nitrogens with two attached hydrogens (primary N) is 1. The minimum absolute atomic E-state index is 0.00951. The van der Waals surface area contributed by atoms with E-state index in [1.807, 2.05) is 0 Å². The Hall–Kier alpha value is -3.35. The number of primary amides is 1. The average molecular weight is 506 g/mol. The highest BCUT2D eigenvalue weighted by molar-refractivity contribution is 6.24. The number of benzene rings is 1. The van der Waals surface area contributed by atoms with E-state index in [0.717, 1.165) is 0 Å². The van der Waals surface area contributed by atoms with Crippen molar-refractivity contribution in [1.29, 1.82) is 0 Å². The number of likely N-dealkylation sites (N-methyl/N-ethyl adjacent to an activating group) is 1. The van der Waals surface area contributed by atoms with E-state index in [-0.39, 0.29) is 30.7 Å². The van der Waals surface area contributed by atoms with Gasteiger partial charge in [0.25, 0.3) is 0 Å². The molecule has 1 aromatic rings. The second kappa shape index (κ2) is 10.3. The number of ketones is 3. The number of phenolic OH excluding ortho intramolecular Hbond substituents is 1. The minimum atomic E-state index is -2.75. The zero-order chi connectivity index (χ0) is 26.9. The third-order valence-corrected chi connectivity index (χ3v) is 7.08. The van der Waals surface area contributed by atoms with Crippen LogP contribution in [-0.2, 0) is 25.5 Å². The molecular weight excluding hydrogens is 474 g/mol. The monoisotopic (exact) mass is 505 g/mol. The first-order chi connectivity index (χ1) is 16.9. The fourth-order valence-corrected chi connectivity index (χ4v) is 5.42. The van der Waals surface area contributed by atoms with E-state index in [9.17, 15) is 39.3 Å². The molecule has 0 bridgehead atoms. The smallest absolute Gasteiger partial charge is 0.411 e. The molecule has 0 spiro atoms. The molecule has 1 aromatic carbocycles. The van der Waals surface area contributed by atoms with Crippen LogP contribution in [0.2, 0.25) is 0 Å². The van der Waals surface area contributed by atoms with Crippen LogP contribution in [0.15, 0.2) is 12.1 Å². The summed E-state index contributed by atoms with van der Waals surface area (Å²) in [6, 6.07) is 2.11. The molecule has 0 radical (unpaired) electrons. The van der Waals surface area contributed by atoms with Crippen LogP contribution in [0.3, 0.4) is 0 Å². The highest BCUT2D eigenvalue weighted by atomic mass is 16.5. The molecule has 196 valence electrons. The number of carbonyl (C=O) groups is 5. The Morgan fingerprint density at radius 2 is 1.94 bits per heavy atom. The van der Waals surface area contributed by atoms with Gasteiger partial charge in [-0.15, -0.1) is 0 Å². The van der Waals surface area contributed by atoms with Crippen molar-refractivity contribution in [2.75, 3.05) is 32.6 Å². The summed E-state index contributed by atoms with van der Waals surface area (Å²) in [5, 5.41) is 34.6. The molecular formula is C24H31N3O9. The van der Waals surface area contributed by atoms with Crippen molar-refractivity contribution >= 4 is 35.0 Å². The highest BCUT2D eigenvalue weighted by Gasteiger charge is 2.62. The normalized spacial score (nSPS) is 26.1. The molecule has 2 amide bonds. The van der Waals surface area contributed by atoms with Crippen molar-refractivity contribution in [3.63, 3.8) is 0 Å². The molecule has 12 heteroatoms. The van der Waals surface area contributed by atoms with Crippen molar-refractivity contribution in [1.82, 2.24) is 4.90 Å². The van der Waals surface area contributed by atoms with Gasteiger partial charge in [0.1, 0.15) is 5.75 Å². The van der Waals surface area contributed by atoms with Crippen LogP contribution < -0.4 is 11.1 Å². The van der Waals surface area contributed by atoms with Crippen molar-refractivity contribution in [2.24, 2.45) is 23.5 Å². The number of carbonyl (C=O) groups excluding carboxylic acids is 5. The zero-order valence-corrected chi connectivity index (χ0v) is 20.3. The van der Waals surface area contributed by atoms with Gasteiger partial charge in [0.2, 0.25) is 5.91 Å². The van der Waals surface area contributed by atoms with Crippen LogP contribution in [0.4, 0.5) is 10.5 Å². The number of ether oxygens (including phenoxy) is 1. The van der Waals surface area contributed by atoms with Gasteiger partial charge >= 0.3 is 6.09 Å². The maximum atomic E-state index is 13.7. The maximum absolute atomic E-state index is 13.7. The Kier molecular flexibility index (Phi) is 7.82. The molecule has 6 N–H and O–H groups in total. The lowest BCUT2D eigenvalue weighted by Gasteiger charge is -2.49. The van der Waals surface area contributed by atoms with Crippen molar-refractivity contribution in [3.8, 4) is 5.75 Å². The second-order valence-electron chi connectivity index (χ2n) is 9.40. The Bertz CT molecular complexity index is 1100. The Morgan fingerprint density at radius 1 is 1.28 bits per heavy atom.